The molecule has 0 aliphatic carbocycles. The van der Waals surface area contributed by atoms with E-state index in [9.17, 15) is 0 Å². The Morgan fingerprint density at radius 3 is 1.92 bits per heavy atom. The van der Waals surface area contributed by atoms with Crippen LogP contribution in [0.25, 0.3) is 0 Å². The van der Waals surface area contributed by atoms with E-state index in [-0.39, 0.29) is 5.48 Å². The predicted molar refractivity (Wildman–Crippen MR) is 56.4 cm³/mol. The molecule has 0 aromatic heterocycles. The van der Waals surface area contributed by atoms with Crippen molar-refractivity contribution >= 4 is 23.3 Å². The third-order valence-electron chi connectivity index (χ3n) is 2.04. The first-order valence-corrected chi connectivity index (χ1v) is 9.75. The van der Waals surface area contributed by atoms with Gasteiger partial charge in [0.05, 0.1) is 0 Å². The Labute approximate surface area is 81.9 Å². The maximum Gasteiger partial charge on any atom is -0.412 e. The predicted octanol–water partition coefficient (Wildman–Crippen LogP) is 1.60. The second kappa shape index (κ2) is 6.49. The number of rotatable bonds is 3. The van der Waals surface area contributed by atoms with E-state index in [0.29, 0.717) is 0 Å². The van der Waals surface area contributed by atoms with Crippen LogP contribution in [0, 0.1) is 0 Å². The minimum absolute atomic E-state index is 0. The third-order valence-corrected chi connectivity index (χ3v) is 10.2. The van der Waals surface area contributed by atoms with Gasteiger partial charge < -0.3 is 5.48 Å². The molecule has 0 amide bonds. The quantitative estimate of drug-likeness (QED) is 0.748. The van der Waals surface area contributed by atoms with E-state index < -0.39 is 19.8 Å². The molecule has 0 unspecified atom stereocenters. The Morgan fingerprint density at radius 2 is 1.50 bits per heavy atom. The fourth-order valence-corrected chi connectivity index (χ4v) is 6.98. The van der Waals surface area contributed by atoms with Gasteiger partial charge in [0, 0.05) is 0 Å². The number of benzene rings is 1. The monoisotopic (exact) mass is 273 g/mol. The second-order valence-electron chi connectivity index (χ2n) is 2.68. The van der Waals surface area contributed by atoms with Crippen molar-refractivity contribution in [3.05, 3.63) is 30.3 Å². The Balaban J connectivity index is 0.00000121. The van der Waals surface area contributed by atoms with Gasteiger partial charge in [-0.1, -0.05) is 0 Å². The van der Waals surface area contributed by atoms with E-state index in [1.54, 1.807) is 3.58 Å². The van der Waals surface area contributed by atoms with Crippen molar-refractivity contribution in [3.63, 3.8) is 0 Å². The van der Waals surface area contributed by atoms with Crippen molar-refractivity contribution in [2.75, 3.05) is 0 Å². The van der Waals surface area contributed by atoms with Crippen molar-refractivity contribution in [1.29, 1.82) is 0 Å². The number of hydrogen-bond acceptors (Lipinski definition) is 0. The minimum atomic E-state index is -1.10. The summed E-state index contributed by atoms with van der Waals surface area (Å²) in [6, 6.07) is 11.1. The molecule has 2 heteroatoms. The molecule has 0 saturated carbocycles. The van der Waals surface area contributed by atoms with Gasteiger partial charge in [-0.3, -0.25) is 0 Å². The molecule has 0 aliphatic rings. The molecule has 67 valence electrons. The summed E-state index contributed by atoms with van der Waals surface area (Å²) in [4.78, 5) is 0. The SMILES string of the molecule is C[CH2][Sn]([CH2]C)[c]1ccccc1.O. The van der Waals surface area contributed by atoms with Crippen LogP contribution in [0.4, 0.5) is 0 Å². The zero-order valence-electron chi connectivity index (χ0n) is 7.80. The molecule has 2 N–H and O–H groups in total. The summed E-state index contributed by atoms with van der Waals surface area (Å²) >= 11 is -1.10. The van der Waals surface area contributed by atoms with Gasteiger partial charge in [-0.25, -0.2) is 0 Å². The Hall–Kier alpha value is -0.0213. The molecule has 12 heavy (non-hydrogen) atoms. The molecule has 0 atom stereocenters. The maximum absolute atomic E-state index is 2.34. The van der Waals surface area contributed by atoms with Crippen molar-refractivity contribution < 1.29 is 5.48 Å². The number of hydrogen-bond donors (Lipinski definition) is 0. The molecule has 0 heterocycles. The third kappa shape index (κ3) is 3.15. The van der Waals surface area contributed by atoms with Crippen LogP contribution in [-0.2, 0) is 0 Å². The van der Waals surface area contributed by atoms with Crippen LogP contribution in [0.2, 0.25) is 8.87 Å². The average molecular weight is 272 g/mol. The summed E-state index contributed by atoms with van der Waals surface area (Å²) in [6.45, 7) is 4.68. The Kier molecular flexibility index (Phi) is 6.48. The van der Waals surface area contributed by atoms with E-state index in [1.165, 1.54) is 8.87 Å². The van der Waals surface area contributed by atoms with E-state index in [1.807, 2.05) is 0 Å². The molecule has 1 nitrogen and oxygen atoms in total. The normalized spacial score (nSPS) is 9.58. The first-order chi connectivity index (χ1) is 5.38. The summed E-state index contributed by atoms with van der Waals surface area (Å²) in [7, 11) is 0. The summed E-state index contributed by atoms with van der Waals surface area (Å²) < 4.78 is 4.57. The molecular weight excluding hydrogens is 255 g/mol. The van der Waals surface area contributed by atoms with E-state index in [2.05, 4.69) is 44.2 Å². The van der Waals surface area contributed by atoms with Gasteiger partial charge in [0.25, 0.3) is 0 Å². The standard InChI is InChI=1S/C6H5.2C2H5.H2O.Sn/c1-2-4-6-5-3-1;2*1-2;;/h1-5H;2*1H2,2H3;1H2;. The van der Waals surface area contributed by atoms with Crippen LogP contribution in [0.3, 0.4) is 0 Å². The minimum Gasteiger partial charge on any atom is -0.412 e. The largest absolute Gasteiger partial charge is 0.412 e. The van der Waals surface area contributed by atoms with Gasteiger partial charge in [0.2, 0.25) is 0 Å². The van der Waals surface area contributed by atoms with Crippen LogP contribution in [0.5, 0.6) is 0 Å². The van der Waals surface area contributed by atoms with Crippen molar-refractivity contribution in [2.45, 2.75) is 22.7 Å². The first-order valence-electron chi connectivity index (χ1n) is 4.28. The van der Waals surface area contributed by atoms with Crippen LogP contribution in [0.1, 0.15) is 13.8 Å². The van der Waals surface area contributed by atoms with Gasteiger partial charge >= 0.3 is 76.4 Å². The smallest absolute Gasteiger partial charge is 0.412 e. The van der Waals surface area contributed by atoms with Gasteiger partial charge in [-0.2, -0.15) is 0 Å². The molecule has 0 saturated heterocycles. The molecule has 0 spiro atoms. The average Bonchev–Trinajstić information content (AvgIpc) is 2.09. The molecule has 0 aliphatic heterocycles. The fraction of sp³-hybridized carbons (Fsp3) is 0.400. The molecule has 1 aromatic rings. The summed E-state index contributed by atoms with van der Waals surface area (Å²) in [5.41, 5.74) is 0. The molecule has 0 bridgehead atoms. The second-order valence-corrected chi connectivity index (χ2v) is 11.8. The van der Waals surface area contributed by atoms with Crippen molar-refractivity contribution in [2.24, 2.45) is 0 Å². The van der Waals surface area contributed by atoms with Gasteiger partial charge in [-0.05, 0) is 0 Å². The molecular formula is C10H17OSn. The summed E-state index contributed by atoms with van der Waals surface area (Å²) in [5.74, 6) is 0. The zero-order chi connectivity index (χ0) is 8.10. The van der Waals surface area contributed by atoms with Crippen LogP contribution in [-0.4, -0.2) is 25.2 Å². The maximum atomic E-state index is 2.34. The van der Waals surface area contributed by atoms with Crippen molar-refractivity contribution in [1.82, 2.24) is 0 Å². The molecule has 0 fully saturated rings. The van der Waals surface area contributed by atoms with Crippen LogP contribution < -0.4 is 3.58 Å². The van der Waals surface area contributed by atoms with Gasteiger partial charge in [0.15, 0.2) is 0 Å². The Bertz CT molecular complexity index is 194. The summed E-state index contributed by atoms with van der Waals surface area (Å²) in [5, 5.41) is 0. The first kappa shape index (κ1) is 12.0. The van der Waals surface area contributed by atoms with Crippen LogP contribution in [0.15, 0.2) is 30.3 Å². The summed E-state index contributed by atoms with van der Waals surface area (Å²) in [6.07, 6.45) is 0. The molecule has 1 aromatic carbocycles. The topological polar surface area (TPSA) is 31.5 Å². The molecule has 1 rings (SSSR count). The molecule has 1 radical (unpaired) electrons. The van der Waals surface area contributed by atoms with E-state index in [0.717, 1.165) is 0 Å². The van der Waals surface area contributed by atoms with Crippen LogP contribution >= 0.6 is 0 Å². The Morgan fingerprint density at radius 1 is 1.00 bits per heavy atom. The van der Waals surface area contributed by atoms with Crippen molar-refractivity contribution in [3.8, 4) is 0 Å². The fourth-order valence-electron chi connectivity index (χ4n) is 1.33. The zero-order valence-corrected chi connectivity index (χ0v) is 10.7. The van der Waals surface area contributed by atoms with Gasteiger partial charge in [-0.15, -0.1) is 0 Å². The van der Waals surface area contributed by atoms with E-state index >= 15 is 0 Å². The van der Waals surface area contributed by atoms with Gasteiger partial charge in [0.1, 0.15) is 0 Å². The van der Waals surface area contributed by atoms with E-state index in [4.69, 9.17) is 0 Å².